The summed E-state index contributed by atoms with van der Waals surface area (Å²) in [6, 6.07) is 16.1. The van der Waals surface area contributed by atoms with Gasteiger partial charge in [0.25, 0.3) is 0 Å². The zero-order chi connectivity index (χ0) is 17.9. The van der Waals surface area contributed by atoms with Crippen LogP contribution in [0.4, 0.5) is 23.1 Å². The molecule has 3 rings (SSSR count). The Kier molecular flexibility index (Phi) is 4.99. The molecule has 0 spiro atoms. The van der Waals surface area contributed by atoms with E-state index in [1.807, 2.05) is 36.4 Å². The van der Waals surface area contributed by atoms with Gasteiger partial charge in [-0.2, -0.15) is 10.1 Å². The second kappa shape index (κ2) is 7.19. The highest BCUT2D eigenvalue weighted by Crippen LogP contribution is 2.25. The third kappa shape index (κ3) is 4.76. The molecule has 6 heteroatoms. The maximum Gasteiger partial charge on any atom is 0.249 e. The van der Waals surface area contributed by atoms with E-state index in [2.05, 4.69) is 74.6 Å². The van der Waals surface area contributed by atoms with Crippen molar-refractivity contribution in [1.29, 1.82) is 0 Å². The highest BCUT2D eigenvalue weighted by atomic mass is 79.9. The third-order valence-corrected chi connectivity index (χ3v) is 4.16. The van der Waals surface area contributed by atoms with Gasteiger partial charge >= 0.3 is 0 Å². The van der Waals surface area contributed by atoms with Crippen LogP contribution in [0.15, 0.2) is 59.2 Å². The van der Waals surface area contributed by atoms with Crippen molar-refractivity contribution in [3.63, 3.8) is 0 Å². The Morgan fingerprint density at radius 2 is 1.68 bits per heavy atom. The van der Waals surface area contributed by atoms with Crippen molar-refractivity contribution in [1.82, 2.24) is 15.2 Å². The van der Waals surface area contributed by atoms with Crippen molar-refractivity contribution >= 4 is 39.1 Å². The van der Waals surface area contributed by atoms with Crippen LogP contribution in [0.2, 0.25) is 0 Å². The second-order valence-electron chi connectivity index (χ2n) is 6.75. The number of nitrogens with zero attached hydrogens (tertiary/aromatic N) is 3. The van der Waals surface area contributed by atoms with Crippen molar-refractivity contribution in [3.05, 3.63) is 64.8 Å². The molecule has 0 unspecified atom stereocenters. The maximum atomic E-state index is 4.45. The summed E-state index contributed by atoms with van der Waals surface area (Å²) in [6.07, 6.45) is 1.60. The fraction of sp³-hybridized carbons (Fsp3) is 0.211. The molecule has 1 aromatic heterocycles. The molecule has 0 aliphatic rings. The van der Waals surface area contributed by atoms with Crippen LogP contribution in [-0.2, 0) is 5.41 Å². The van der Waals surface area contributed by atoms with E-state index in [-0.39, 0.29) is 5.41 Å². The zero-order valence-corrected chi connectivity index (χ0v) is 16.0. The minimum atomic E-state index is 0.135. The molecule has 0 aliphatic carbocycles. The Balaban J connectivity index is 1.73. The zero-order valence-electron chi connectivity index (χ0n) is 14.4. The first-order chi connectivity index (χ1) is 11.9. The number of benzene rings is 2. The smallest absolute Gasteiger partial charge is 0.249 e. The fourth-order valence-electron chi connectivity index (χ4n) is 2.31. The molecular weight excluding hydrogens is 378 g/mol. The van der Waals surface area contributed by atoms with E-state index in [1.165, 1.54) is 5.56 Å². The monoisotopic (exact) mass is 397 g/mol. The Bertz CT molecular complexity index is 856. The van der Waals surface area contributed by atoms with Gasteiger partial charge in [0.1, 0.15) is 0 Å². The predicted molar refractivity (Wildman–Crippen MR) is 106 cm³/mol. The van der Waals surface area contributed by atoms with Gasteiger partial charge < -0.3 is 10.6 Å². The van der Waals surface area contributed by atoms with Crippen LogP contribution in [-0.4, -0.2) is 15.2 Å². The highest BCUT2D eigenvalue weighted by molar-refractivity contribution is 9.10. The minimum absolute atomic E-state index is 0.135. The Labute approximate surface area is 156 Å². The van der Waals surface area contributed by atoms with Gasteiger partial charge in [-0.15, -0.1) is 5.10 Å². The Morgan fingerprint density at radius 3 is 2.36 bits per heavy atom. The van der Waals surface area contributed by atoms with Crippen molar-refractivity contribution in [2.75, 3.05) is 10.6 Å². The van der Waals surface area contributed by atoms with Crippen LogP contribution >= 0.6 is 15.9 Å². The summed E-state index contributed by atoms with van der Waals surface area (Å²) in [5, 5.41) is 14.4. The van der Waals surface area contributed by atoms with E-state index in [1.54, 1.807) is 6.20 Å². The van der Waals surface area contributed by atoms with E-state index in [9.17, 15) is 0 Å². The van der Waals surface area contributed by atoms with E-state index in [0.717, 1.165) is 15.8 Å². The van der Waals surface area contributed by atoms with Crippen molar-refractivity contribution in [3.8, 4) is 0 Å². The number of hydrogen-bond donors (Lipinski definition) is 2. The molecule has 0 fully saturated rings. The third-order valence-electron chi connectivity index (χ3n) is 3.66. The normalized spacial score (nSPS) is 11.2. The number of halogens is 1. The number of rotatable bonds is 4. The average Bonchev–Trinajstić information content (AvgIpc) is 2.55. The Hall–Kier alpha value is -2.47. The predicted octanol–water partition coefficient (Wildman–Crippen LogP) is 5.42. The quantitative estimate of drug-likeness (QED) is 0.615. The van der Waals surface area contributed by atoms with Gasteiger partial charge in [-0.1, -0.05) is 54.9 Å². The van der Waals surface area contributed by atoms with Crippen LogP contribution in [0.5, 0.6) is 0 Å². The highest BCUT2D eigenvalue weighted by Gasteiger charge is 2.13. The maximum absolute atomic E-state index is 4.45. The molecule has 0 atom stereocenters. The summed E-state index contributed by atoms with van der Waals surface area (Å²) in [6.45, 7) is 6.59. The first-order valence-electron chi connectivity index (χ1n) is 8.00. The van der Waals surface area contributed by atoms with Crippen molar-refractivity contribution < 1.29 is 0 Å². The molecule has 0 amide bonds. The van der Waals surface area contributed by atoms with Gasteiger partial charge in [-0.3, -0.25) is 0 Å². The largest absolute Gasteiger partial charge is 0.339 e. The van der Waals surface area contributed by atoms with Gasteiger partial charge in [-0.05, 0) is 41.3 Å². The topological polar surface area (TPSA) is 62.7 Å². The van der Waals surface area contributed by atoms with Crippen LogP contribution < -0.4 is 10.6 Å². The summed E-state index contributed by atoms with van der Waals surface area (Å²) in [5.74, 6) is 1.07. The van der Waals surface area contributed by atoms with Crippen LogP contribution in [0.3, 0.4) is 0 Å². The average molecular weight is 398 g/mol. The molecular formula is C19H20BrN5. The molecule has 0 saturated heterocycles. The number of nitrogens with one attached hydrogen (secondary N) is 2. The molecule has 128 valence electrons. The van der Waals surface area contributed by atoms with Gasteiger partial charge in [0, 0.05) is 15.8 Å². The second-order valence-corrected chi connectivity index (χ2v) is 7.67. The fourth-order valence-corrected chi connectivity index (χ4v) is 2.71. The molecule has 2 aromatic carbocycles. The molecule has 3 aromatic rings. The van der Waals surface area contributed by atoms with Gasteiger partial charge in [-0.25, -0.2) is 0 Å². The number of hydrogen-bond acceptors (Lipinski definition) is 5. The van der Waals surface area contributed by atoms with E-state index >= 15 is 0 Å². The van der Waals surface area contributed by atoms with Crippen LogP contribution in [0.25, 0.3) is 0 Å². The van der Waals surface area contributed by atoms with E-state index in [4.69, 9.17) is 0 Å². The lowest BCUT2D eigenvalue weighted by atomic mass is 9.87. The summed E-state index contributed by atoms with van der Waals surface area (Å²) >= 11 is 3.45. The van der Waals surface area contributed by atoms with Gasteiger partial charge in [0.15, 0.2) is 5.82 Å². The van der Waals surface area contributed by atoms with E-state index < -0.39 is 0 Å². The van der Waals surface area contributed by atoms with Crippen molar-refractivity contribution in [2.24, 2.45) is 0 Å². The molecule has 25 heavy (non-hydrogen) atoms. The molecule has 0 aliphatic heterocycles. The Morgan fingerprint density at radius 1 is 0.920 bits per heavy atom. The van der Waals surface area contributed by atoms with Crippen LogP contribution in [0, 0.1) is 0 Å². The number of anilines is 4. The lowest BCUT2D eigenvalue weighted by Crippen LogP contribution is -2.10. The van der Waals surface area contributed by atoms with Crippen LogP contribution in [0.1, 0.15) is 26.3 Å². The first kappa shape index (κ1) is 17.4. The summed E-state index contributed by atoms with van der Waals surface area (Å²) in [7, 11) is 0. The van der Waals surface area contributed by atoms with Crippen molar-refractivity contribution in [2.45, 2.75) is 26.2 Å². The van der Waals surface area contributed by atoms with E-state index in [0.29, 0.717) is 11.8 Å². The lowest BCUT2D eigenvalue weighted by Gasteiger charge is -2.19. The SMILES string of the molecule is CC(C)(C)c1ccc(Nc2cnnc(Nc3cccc(Br)c3)n2)cc1. The minimum Gasteiger partial charge on any atom is -0.339 e. The molecule has 5 nitrogen and oxygen atoms in total. The number of aromatic nitrogens is 3. The summed E-state index contributed by atoms with van der Waals surface area (Å²) < 4.78 is 0.985. The standard InChI is InChI=1S/C19H20BrN5/c1-19(2,3)13-7-9-15(10-8-13)22-17-12-21-25-18(24-17)23-16-6-4-5-14(20)11-16/h4-12H,1-3H3,(H2,22,23,24,25). The molecule has 1 heterocycles. The summed E-state index contributed by atoms with van der Waals surface area (Å²) in [5.41, 5.74) is 3.27. The molecule has 0 radical (unpaired) electrons. The molecule has 0 saturated carbocycles. The van der Waals surface area contributed by atoms with Gasteiger partial charge in [0.2, 0.25) is 5.95 Å². The van der Waals surface area contributed by atoms with Gasteiger partial charge in [0.05, 0.1) is 6.20 Å². The summed E-state index contributed by atoms with van der Waals surface area (Å²) in [4.78, 5) is 4.45. The molecule has 0 bridgehead atoms. The lowest BCUT2D eigenvalue weighted by molar-refractivity contribution is 0.590. The first-order valence-corrected chi connectivity index (χ1v) is 8.79. The molecule has 2 N–H and O–H groups in total.